The van der Waals surface area contributed by atoms with Crippen LogP contribution in [0.4, 0.5) is 36.8 Å². The summed E-state index contributed by atoms with van der Waals surface area (Å²) in [5, 5.41) is 2.41. The van der Waals surface area contributed by atoms with Crippen molar-refractivity contribution in [2.24, 2.45) is 0 Å². The number of hydrogen-bond acceptors (Lipinski definition) is 5. The minimum atomic E-state index is -4.78. The predicted molar refractivity (Wildman–Crippen MR) is 133 cm³/mol. The van der Waals surface area contributed by atoms with E-state index in [4.69, 9.17) is 8.92 Å². The van der Waals surface area contributed by atoms with Crippen LogP contribution in [-0.4, -0.2) is 32.5 Å². The predicted octanol–water partition coefficient (Wildman–Crippen LogP) is 6.94. The average Bonchev–Trinajstić information content (AvgIpc) is 2.86. The first-order valence-electron chi connectivity index (χ1n) is 11.5. The molecule has 0 atom stereocenters. The number of methoxy groups -OCH3 is 1. The number of alkyl halides is 6. The first kappa shape index (κ1) is 30.6. The highest BCUT2D eigenvalue weighted by Gasteiger charge is 2.33. The third kappa shape index (κ3) is 7.58. The Kier molecular flexibility index (Phi) is 8.92. The molecular weight excluding hydrogens is 566 g/mol. The van der Waals surface area contributed by atoms with Crippen molar-refractivity contribution >= 4 is 21.8 Å². The van der Waals surface area contributed by atoms with Crippen LogP contribution in [-0.2, 0) is 29.0 Å². The number of hydrogen-bond donors (Lipinski definition) is 1. The second kappa shape index (κ2) is 11.7. The number of rotatable bonds is 8. The van der Waals surface area contributed by atoms with Crippen LogP contribution in [0.15, 0.2) is 71.6 Å². The van der Waals surface area contributed by atoms with E-state index in [0.717, 1.165) is 30.3 Å². The summed E-state index contributed by atoms with van der Waals surface area (Å²) in [4.78, 5) is 13.5. The van der Waals surface area contributed by atoms with Crippen LogP contribution in [0.1, 0.15) is 30.5 Å². The molecule has 3 rings (SSSR count). The summed E-state index contributed by atoms with van der Waals surface area (Å²) in [6.45, 7) is 3.18. The van der Waals surface area contributed by atoms with Gasteiger partial charge in [-0.05, 0) is 67.9 Å². The molecule has 14 heteroatoms. The van der Waals surface area contributed by atoms with Crippen molar-refractivity contribution in [2.45, 2.75) is 43.7 Å². The van der Waals surface area contributed by atoms with Crippen LogP contribution in [0.2, 0.25) is 0 Å². The van der Waals surface area contributed by atoms with Crippen molar-refractivity contribution < 1.29 is 48.5 Å². The standard InChI is InChI=1S/C26H24F6N2O5S/c1-16(2)34(24(35)33-20-8-4-6-18(13-20)25(27,28)29)15-17-10-11-22(38-3)23(12-17)39-40(36,37)21-9-5-7-19(14-21)26(30,31)32/h4-14,16H,15H2,1-3H3,(H,33,35). The average molecular weight is 591 g/mol. The van der Waals surface area contributed by atoms with Gasteiger partial charge in [-0.1, -0.05) is 18.2 Å². The van der Waals surface area contributed by atoms with Gasteiger partial charge in [-0.3, -0.25) is 0 Å². The van der Waals surface area contributed by atoms with Crippen molar-refractivity contribution in [3.8, 4) is 11.5 Å². The molecule has 0 bridgehead atoms. The molecule has 3 aromatic rings. The van der Waals surface area contributed by atoms with Crippen LogP contribution < -0.4 is 14.2 Å². The maximum Gasteiger partial charge on any atom is 0.416 e. The molecule has 0 saturated carbocycles. The normalized spacial score (nSPS) is 12.2. The molecule has 0 aliphatic carbocycles. The number of nitrogens with zero attached hydrogens (tertiary/aromatic N) is 1. The molecule has 216 valence electrons. The minimum Gasteiger partial charge on any atom is -0.493 e. The quantitative estimate of drug-likeness (QED) is 0.227. The first-order chi connectivity index (χ1) is 18.5. The Morgan fingerprint density at radius 1 is 0.875 bits per heavy atom. The number of ether oxygens (including phenoxy) is 1. The van der Waals surface area contributed by atoms with Gasteiger partial charge in [-0.2, -0.15) is 34.8 Å². The molecule has 40 heavy (non-hydrogen) atoms. The fourth-order valence-corrected chi connectivity index (χ4v) is 4.51. The molecule has 2 amide bonds. The fourth-order valence-electron chi connectivity index (χ4n) is 3.53. The van der Waals surface area contributed by atoms with E-state index < -0.39 is 50.6 Å². The highest BCUT2D eigenvalue weighted by atomic mass is 32.2. The van der Waals surface area contributed by atoms with Gasteiger partial charge >= 0.3 is 28.5 Å². The second-order valence-corrected chi connectivity index (χ2v) is 10.3. The number of urea groups is 1. The first-order valence-corrected chi connectivity index (χ1v) is 13.0. The summed E-state index contributed by atoms with van der Waals surface area (Å²) in [6.07, 6.45) is -9.38. The molecule has 0 saturated heterocycles. The summed E-state index contributed by atoms with van der Waals surface area (Å²) in [7, 11) is -3.50. The van der Waals surface area contributed by atoms with E-state index >= 15 is 0 Å². The zero-order valence-electron chi connectivity index (χ0n) is 21.3. The lowest BCUT2D eigenvalue weighted by molar-refractivity contribution is -0.138. The fraction of sp³-hybridized carbons (Fsp3) is 0.269. The number of amides is 2. The third-order valence-corrected chi connectivity index (χ3v) is 6.79. The monoisotopic (exact) mass is 590 g/mol. The van der Waals surface area contributed by atoms with Gasteiger partial charge in [0.25, 0.3) is 0 Å². The molecule has 0 heterocycles. The largest absolute Gasteiger partial charge is 0.493 e. The molecule has 3 aromatic carbocycles. The lowest BCUT2D eigenvalue weighted by atomic mass is 10.1. The summed E-state index contributed by atoms with van der Waals surface area (Å²) in [5.41, 5.74) is -1.88. The topological polar surface area (TPSA) is 84.9 Å². The van der Waals surface area contributed by atoms with Gasteiger partial charge in [-0.25, -0.2) is 4.79 Å². The van der Waals surface area contributed by atoms with Crippen molar-refractivity contribution in [1.82, 2.24) is 4.90 Å². The van der Waals surface area contributed by atoms with Crippen molar-refractivity contribution in [3.63, 3.8) is 0 Å². The molecule has 0 fully saturated rings. The summed E-state index contributed by atoms with van der Waals surface area (Å²) >= 11 is 0. The smallest absolute Gasteiger partial charge is 0.416 e. The van der Waals surface area contributed by atoms with Crippen LogP contribution in [0, 0.1) is 0 Å². The summed E-state index contributed by atoms with van der Waals surface area (Å²) < 4.78 is 114. The van der Waals surface area contributed by atoms with Crippen LogP contribution in [0.25, 0.3) is 0 Å². The van der Waals surface area contributed by atoms with Crippen molar-refractivity contribution in [1.29, 1.82) is 0 Å². The number of anilines is 1. The summed E-state index contributed by atoms with van der Waals surface area (Å²) in [6, 6.07) is 10.00. The summed E-state index contributed by atoms with van der Waals surface area (Å²) in [5.74, 6) is -0.400. The Bertz CT molecular complexity index is 1470. The molecule has 7 nitrogen and oxygen atoms in total. The van der Waals surface area contributed by atoms with E-state index in [0.29, 0.717) is 17.7 Å². The molecule has 0 spiro atoms. The van der Waals surface area contributed by atoms with Gasteiger partial charge in [0.2, 0.25) is 0 Å². The molecule has 1 N–H and O–H groups in total. The number of benzene rings is 3. The van der Waals surface area contributed by atoms with Gasteiger partial charge in [0, 0.05) is 18.3 Å². The Labute approximate surface area is 226 Å². The number of halogens is 6. The van der Waals surface area contributed by atoms with Crippen molar-refractivity contribution in [2.75, 3.05) is 12.4 Å². The molecule has 0 aliphatic heterocycles. The zero-order chi connectivity index (χ0) is 29.9. The van der Waals surface area contributed by atoms with Crippen molar-refractivity contribution in [3.05, 3.63) is 83.4 Å². The maximum absolute atomic E-state index is 13.1. The van der Waals surface area contributed by atoms with E-state index in [2.05, 4.69) is 5.32 Å². The van der Waals surface area contributed by atoms with Gasteiger partial charge in [0.15, 0.2) is 11.5 Å². The van der Waals surface area contributed by atoms with E-state index in [1.165, 1.54) is 36.3 Å². The highest BCUT2D eigenvalue weighted by Crippen LogP contribution is 2.34. The van der Waals surface area contributed by atoms with Gasteiger partial charge in [0.05, 0.1) is 18.2 Å². The molecule has 0 radical (unpaired) electrons. The van der Waals surface area contributed by atoms with Gasteiger partial charge < -0.3 is 19.1 Å². The van der Waals surface area contributed by atoms with E-state index in [-0.39, 0.29) is 23.7 Å². The van der Waals surface area contributed by atoms with Gasteiger partial charge in [0.1, 0.15) is 4.90 Å². The highest BCUT2D eigenvalue weighted by molar-refractivity contribution is 7.87. The molecule has 0 aromatic heterocycles. The van der Waals surface area contributed by atoms with E-state index in [9.17, 15) is 39.6 Å². The van der Waals surface area contributed by atoms with Gasteiger partial charge in [-0.15, -0.1) is 0 Å². The van der Waals surface area contributed by atoms with Crippen LogP contribution >= 0.6 is 0 Å². The Hall–Kier alpha value is -3.94. The molecule has 0 unspecified atom stereocenters. The Balaban J connectivity index is 1.86. The van der Waals surface area contributed by atoms with E-state index in [1.54, 1.807) is 13.8 Å². The zero-order valence-corrected chi connectivity index (χ0v) is 22.1. The Morgan fingerprint density at radius 2 is 1.48 bits per heavy atom. The molecular formula is C26H24F6N2O5S. The third-order valence-electron chi connectivity index (χ3n) is 5.56. The minimum absolute atomic E-state index is 0.0520. The number of carbonyl (C=O) groups excluding carboxylic acids is 1. The van der Waals surface area contributed by atoms with Crippen LogP contribution in [0.5, 0.6) is 11.5 Å². The maximum atomic E-state index is 13.1. The van der Waals surface area contributed by atoms with E-state index in [1.807, 2.05) is 0 Å². The molecule has 0 aliphatic rings. The SMILES string of the molecule is COc1ccc(CN(C(=O)Nc2cccc(C(F)(F)F)c2)C(C)C)cc1OS(=O)(=O)c1cccc(C(F)(F)F)c1. The second-order valence-electron chi connectivity index (χ2n) is 8.78. The van der Waals surface area contributed by atoms with Crippen LogP contribution in [0.3, 0.4) is 0 Å². The number of carbonyl (C=O) groups is 1. The lowest BCUT2D eigenvalue weighted by Crippen LogP contribution is -2.39. The number of nitrogens with one attached hydrogen (secondary N) is 1. The Morgan fingerprint density at radius 3 is 2.05 bits per heavy atom. The lowest BCUT2D eigenvalue weighted by Gasteiger charge is -2.27.